The van der Waals surface area contributed by atoms with Crippen LogP contribution in [0.2, 0.25) is 0 Å². The van der Waals surface area contributed by atoms with E-state index in [0.29, 0.717) is 12.2 Å². The molecule has 0 saturated carbocycles. The van der Waals surface area contributed by atoms with Crippen molar-refractivity contribution in [3.05, 3.63) is 70.8 Å². The summed E-state index contributed by atoms with van der Waals surface area (Å²) in [5.74, 6) is -1.92. The fourth-order valence-electron chi connectivity index (χ4n) is 2.85. The Balaban J connectivity index is 0.000000396. The number of hydrogen-bond donors (Lipinski definition) is 1. The predicted molar refractivity (Wildman–Crippen MR) is 107 cm³/mol. The lowest BCUT2D eigenvalue weighted by Crippen LogP contribution is -2.21. The van der Waals surface area contributed by atoms with Gasteiger partial charge in [-0.3, -0.25) is 4.79 Å². The molecule has 0 aliphatic carbocycles. The average molecular weight is 421 g/mol. The first-order chi connectivity index (χ1) is 14.1. The molecule has 160 valence electrons. The number of aliphatic carboxylic acids is 1. The van der Waals surface area contributed by atoms with Crippen molar-refractivity contribution in [2.45, 2.75) is 19.2 Å². The van der Waals surface area contributed by atoms with Crippen molar-refractivity contribution < 1.29 is 32.6 Å². The molecule has 0 fully saturated rings. The van der Waals surface area contributed by atoms with E-state index in [9.17, 15) is 18.0 Å². The fraction of sp³-hybridized carbons (Fsp3) is 0.273. The van der Waals surface area contributed by atoms with E-state index in [4.69, 9.17) is 14.6 Å². The number of carbonyl (C=O) groups is 2. The number of hydrogen-bond acceptors (Lipinski definition) is 4. The molecule has 0 unspecified atom stereocenters. The number of carbonyl (C=O) groups excluding carboxylic acids is 1. The van der Waals surface area contributed by atoms with E-state index in [2.05, 4.69) is 37.2 Å². The first-order valence-corrected chi connectivity index (χ1v) is 9.09. The molecule has 0 atom stereocenters. The molecule has 0 saturated heterocycles. The van der Waals surface area contributed by atoms with Gasteiger partial charge in [-0.15, -0.1) is 0 Å². The molecule has 2 aromatic rings. The van der Waals surface area contributed by atoms with Crippen LogP contribution >= 0.6 is 0 Å². The Kier molecular flexibility index (Phi) is 7.77. The largest absolute Gasteiger partial charge is 0.490 e. The van der Waals surface area contributed by atoms with Crippen LogP contribution in [-0.2, 0) is 11.4 Å². The molecule has 1 heterocycles. The van der Waals surface area contributed by atoms with Crippen LogP contribution in [0, 0.1) is 0 Å². The highest BCUT2D eigenvalue weighted by Crippen LogP contribution is 2.37. The number of carboxylic acid groups (broad SMARTS) is 1. The SMILES string of the molecule is CN(C)CC/C=C1/c2ccccc2COc2ccc(C=O)cc21.O=C(O)C(F)(F)F. The maximum Gasteiger partial charge on any atom is 0.490 e. The number of benzene rings is 2. The minimum absolute atomic E-state index is 0.550. The Bertz CT molecular complexity index is 936. The van der Waals surface area contributed by atoms with Crippen molar-refractivity contribution in [3.63, 3.8) is 0 Å². The zero-order chi connectivity index (χ0) is 22.3. The van der Waals surface area contributed by atoms with Gasteiger partial charge < -0.3 is 14.7 Å². The monoisotopic (exact) mass is 421 g/mol. The third-order valence-electron chi connectivity index (χ3n) is 4.29. The summed E-state index contributed by atoms with van der Waals surface area (Å²) in [6, 6.07) is 13.9. The molecular weight excluding hydrogens is 399 g/mol. The molecular formula is C22H22F3NO4. The molecule has 0 amide bonds. The van der Waals surface area contributed by atoms with Crippen LogP contribution in [0.3, 0.4) is 0 Å². The summed E-state index contributed by atoms with van der Waals surface area (Å²) in [6.45, 7) is 1.53. The van der Waals surface area contributed by atoms with Gasteiger partial charge >= 0.3 is 12.1 Å². The topological polar surface area (TPSA) is 66.8 Å². The number of fused-ring (bicyclic) bond motifs is 2. The van der Waals surface area contributed by atoms with Crippen LogP contribution in [0.25, 0.3) is 5.57 Å². The maximum absolute atomic E-state index is 11.2. The van der Waals surface area contributed by atoms with Gasteiger partial charge in [-0.05, 0) is 55.4 Å². The van der Waals surface area contributed by atoms with Crippen molar-refractivity contribution in [1.82, 2.24) is 4.90 Å². The van der Waals surface area contributed by atoms with Crippen molar-refractivity contribution in [1.29, 1.82) is 0 Å². The van der Waals surface area contributed by atoms with E-state index in [1.165, 1.54) is 11.1 Å². The molecule has 0 aromatic heterocycles. The molecule has 0 radical (unpaired) electrons. The second-order valence-corrected chi connectivity index (χ2v) is 6.83. The summed E-state index contributed by atoms with van der Waals surface area (Å²) < 4.78 is 37.7. The average Bonchev–Trinajstić information content (AvgIpc) is 2.84. The minimum atomic E-state index is -5.08. The summed E-state index contributed by atoms with van der Waals surface area (Å²) in [4.78, 5) is 22.2. The lowest BCUT2D eigenvalue weighted by atomic mass is 9.92. The first-order valence-electron chi connectivity index (χ1n) is 9.09. The van der Waals surface area contributed by atoms with Crippen LogP contribution in [0.15, 0.2) is 48.5 Å². The van der Waals surface area contributed by atoms with Gasteiger partial charge in [0.15, 0.2) is 0 Å². The summed E-state index contributed by atoms with van der Waals surface area (Å²) in [6.07, 6.45) is -1.00. The number of rotatable bonds is 4. The Hall–Kier alpha value is -3.13. The van der Waals surface area contributed by atoms with E-state index >= 15 is 0 Å². The van der Waals surface area contributed by atoms with Crippen molar-refractivity contribution in [2.75, 3.05) is 20.6 Å². The van der Waals surface area contributed by atoms with Crippen molar-refractivity contribution in [3.8, 4) is 5.75 Å². The Labute approximate surface area is 172 Å². The van der Waals surface area contributed by atoms with Crippen LogP contribution in [0.4, 0.5) is 13.2 Å². The van der Waals surface area contributed by atoms with Gasteiger partial charge in [0.05, 0.1) is 0 Å². The molecule has 2 aromatic carbocycles. The maximum atomic E-state index is 11.2. The highest BCUT2D eigenvalue weighted by molar-refractivity contribution is 5.88. The number of nitrogens with zero attached hydrogens (tertiary/aromatic N) is 1. The van der Waals surface area contributed by atoms with E-state index in [1.807, 2.05) is 24.3 Å². The highest BCUT2D eigenvalue weighted by Gasteiger charge is 2.38. The summed E-state index contributed by atoms with van der Waals surface area (Å²) in [7, 11) is 4.14. The van der Waals surface area contributed by atoms with E-state index in [1.54, 1.807) is 6.07 Å². The van der Waals surface area contributed by atoms with Gasteiger partial charge in [0.25, 0.3) is 0 Å². The number of carboxylic acids is 1. The number of ether oxygens (including phenoxy) is 1. The summed E-state index contributed by atoms with van der Waals surface area (Å²) in [5, 5.41) is 7.12. The van der Waals surface area contributed by atoms with Crippen LogP contribution in [0.5, 0.6) is 5.75 Å². The lowest BCUT2D eigenvalue weighted by Gasteiger charge is -2.12. The van der Waals surface area contributed by atoms with E-state index < -0.39 is 12.1 Å². The third kappa shape index (κ3) is 6.18. The van der Waals surface area contributed by atoms with Gasteiger partial charge in [0.1, 0.15) is 18.6 Å². The second kappa shape index (κ2) is 10.1. The van der Waals surface area contributed by atoms with Crippen molar-refractivity contribution in [2.24, 2.45) is 0 Å². The second-order valence-electron chi connectivity index (χ2n) is 6.83. The highest BCUT2D eigenvalue weighted by atomic mass is 19.4. The van der Waals surface area contributed by atoms with Gasteiger partial charge in [-0.1, -0.05) is 30.3 Å². The quantitative estimate of drug-likeness (QED) is 0.741. The predicted octanol–water partition coefficient (Wildman–Crippen LogP) is 4.41. The van der Waals surface area contributed by atoms with Gasteiger partial charge in [-0.2, -0.15) is 13.2 Å². The summed E-state index contributed by atoms with van der Waals surface area (Å²) >= 11 is 0. The smallest absolute Gasteiger partial charge is 0.488 e. The fourth-order valence-corrected chi connectivity index (χ4v) is 2.85. The molecule has 5 nitrogen and oxygen atoms in total. The standard InChI is InChI=1S/C20H21NO2.C2HF3O2/c1-21(2)11-5-8-18-17-7-4-3-6-16(17)14-23-20-10-9-15(13-22)12-19(18)20;3-2(4,5)1(6)7/h3-4,6-10,12-13H,5,11,14H2,1-2H3;(H,6,7)/b18-8-;. The number of alkyl halides is 3. The first kappa shape index (κ1) is 23.2. The Morgan fingerprint density at radius 2 is 1.83 bits per heavy atom. The van der Waals surface area contributed by atoms with Crippen molar-refractivity contribution >= 4 is 17.8 Å². The molecule has 30 heavy (non-hydrogen) atoms. The van der Waals surface area contributed by atoms with Crippen LogP contribution in [0.1, 0.15) is 33.5 Å². The normalized spacial score (nSPS) is 14.0. The number of aldehydes is 1. The van der Waals surface area contributed by atoms with Gasteiger partial charge in [0, 0.05) is 17.7 Å². The number of halogens is 3. The molecule has 3 rings (SSSR count). The van der Waals surface area contributed by atoms with E-state index in [-0.39, 0.29) is 0 Å². The molecule has 1 aliphatic heterocycles. The summed E-state index contributed by atoms with van der Waals surface area (Å²) in [5.41, 5.74) is 5.18. The van der Waals surface area contributed by atoms with E-state index in [0.717, 1.165) is 36.1 Å². The zero-order valence-electron chi connectivity index (χ0n) is 16.6. The molecule has 1 aliphatic rings. The van der Waals surface area contributed by atoms with Gasteiger partial charge in [-0.25, -0.2) is 4.79 Å². The minimum Gasteiger partial charge on any atom is -0.488 e. The zero-order valence-corrected chi connectivity index (χ0v) is 16.6. The van der Waals surface area contributed by atoms with Gasteiger partial charge in [0.2, 0.25) is 0 Å². The van der Waals surface area contributed by atoms with Crippen LogP contribution in [-0.4, -0.2) is 49.1 Å². The third-order valence-corrected chi connectivity index (χ3v) is 4.29. The molecule has 0 spiro atoms. The Morgan fingerprint density at radius 1 is 1.17 bits per heavy atom. The Morgan fingerprint density at radius 3 is 2.43 bits per heavy atom. The molecule has 1 N–H and O–H groups in total. The van der Waals surface area contributed by atoms with Crippen LogP contribution < -0.4 is 4.74 Å². The lowest BCUT2D eigenvalue weighted by molar-refractivity contribution is -0.192. The molecule has 0 bridgehead atoms. The molecule has 8 heteroatoms.